The highest BCUT2D eigenvalue weighted by Gasteiger charge is 2.15. The molecule has 0 unspecified atom stereocenters. The van der Waals surface area contributed by atoms with Crippen LogP contribution >= 0.6 is 11.3 Å². The molecular weight excluding hydrogens is 262 g/mol. The average Bonchev–Trinajstić information content (AvgIpc) is 2.94. The van der Waals surface area contributed by atoms with Gasteiger partial charge in [-0.05, 0) is 25.3 Å². The number of thiophene rings is 1. The van der Waals surface area contributed by atoms with Gasteiger partial charge in [0.2, 0.25) is 0 Å². The summed E-state index contributed by atoms with van der Waals surface area (Å²) in [5.74, 6) is 0.497. The van der Waals surface area contributed by atoms with E-state index in [0.29, 0.717) is 17.2 Å². The molecule has 0 atom stereocenters. The van der Waals surface area contributed by atoms with E-state index in [1.165, 1.54) is 11.3 Å². The summed E-state index contributed by atoms with van der Waals surface area (Å²) in [6, 6.07) is 1.79. The van der Waals surface area contributed by atoms with Gasteiger partial charge in [-0.25, -0.2) is 0 Å². The molecule has 0 bridgehead atoms. The second-order valence-electron chi connectivity index (χ2n) is 4.27. The van der Waals surface area contributed by atoms with E-state index >= 15 is 0 Å². The fourth-order valence-corrected chi connectivity index (χ4v) is 2.72. The predicted molar refractivity (Wildman–Crippen MR) is 74.7 cm³/mol. The van der Waals surface area contributed by atoms with E-state index in [1.807, 2.05) is 31.0 Å². The molecule has 0 spiro atoms. The molecule has 2 aromatic heterocycles. The Balaban J connectivity index is 2.09. The van der Waals surface area contributed by atoms with Crippen LogP contribution in [0.1, 0.15) is 26.6 Å². The SMILES string of the molecule is COc1ccsc1C(=O)NCc1c(C)nn(C)c1C. The Morgan fingerprint density at radius 3 is 2.84 bits per heavy atom. The summed E-state index contributed by atoms with van der Waals surface area (Å²) >= 11 is 1.37. The third kappa shape index (κ3) is 2.63. The first-order valence-corrected chi connectivity index (χ1v) is 6.81. The highest BCUT2D eigenvalue weighted by atomic mass is 32.1. The summed E-state index contributed by atoms with van der Waals surface area (Å²) in [6.45, 7) is 4.42. The first-order chi connectivity index (χ1) is 9.04. The molecular formula is C13H17N3O2S. The van der Waals surface area contributed by atoms with Gasteiger partial charge in [0.05, 0.1) is 12.8 Å². The van der Waals surface area contributed by atoms with Crippen molar-refractivity contribution in [2.45, 2.75) is 20.4 Å². The molecule has 5 nitrogen and oxygen atoms in total. The van der Waals surface area contributed by atoms with Gasteiger partial charge in [0.25, 0.3) is 5.91 Å². The smallest absolute Gasteiger partial charge is 0.265 e. The zero-order valence-corrected chi connectivity index (χ0v) is 12.3. The van der Waals surface area contributed by atoms with Gasteiger partial charge >= 0.3 is 0 Å². The van der Waals surface area contributed by atoms with Crippen LogP contribution in [0.25, 0.3) is 0 Å². The molecule has 6 heteroatoms. The molecule has 0 aliphatic carbocycles. The van der Waals surface area contributed by atoms with Crippen LogP contribution in [-0.2, 0) is 13.6 Å². The number of amides is 1. The van der Waals surface area contributed by atoms with Gasteiger partial charge in [0.15, 0.2) is 0 Å². The third-order valence-electron chi connectivity index (χ3n) is 3.14. The van der Waals surface area contributed by atoms with Gasteiger partial charge in [0, 0.05) is 24.8 Å². The summed E-state index contributed by atoms with van der Waals surface area (Å²) in [5, 5.41) is 9.08. The van der Waals surface area contributed by atoms with Crippen LogP contribution in [0, 0.1) is 13.8 Å². The number of hydrogen-bond donors (Lipinski definition) is 1. The van der Waals surface area contributed by atoms with Gasteiger partial charge in [-0.3, -0.25) is 9.48 Å². The van der Waals surface area contributed by atoms with Gasteiger partial charge in [-0.1, -0.05) is 0 Å². The Bertz CT molecular complexity index is 601. The van der Waals surface area contributed by atoms with Crippen LogP contribution in [0.15, 0.2) is 11.4 Å². The van der Waals surface area contributed by atoms with Crippen LogP contribution in [-0.4, -0.2) is 22.8 Å². The number of rotatable bonds is 4. The Labute approximate surface area is 116 Å². The zero-order valence-electron chi connectivity index (χ0n) is 11.5. The second-order valence-corrected chi connectivity index (χ2v) is 5.19. The monoisotopic (exact) mass is 279 g/mol. The number of aryl methyl sites for hydroxylation is 2. The minimum Gasteiger partial charge on any atom is -0.495 e. The van der Waals surface area contributed by atoms with Crippen molar-refractivity contribution < 1.29 is 9.53 Å². The largest absolute Gasteiger partial charge is 0.495 e. The molecule has 0 aromatic carbocycles. The normalized spacial score (nSPS) is 10.5. The van der Waals surface area contributed by atoms with Crippen LogP contribution in [0.4, 0.5) is 0 Å². The van der Waals surface area contributed by atoms with Gasteiger partial charge in [-0.15, -0.1) is 11.3 Å². The Kier molecular flexibility index (Phi) is 3.90. The number of aromatic nitrogens is 2. The fraction of sp³-hybridized carbons (Fsp3) is 0.385. The number of carbonyl (C=O) groups excluding carboxylic acids is 1. The van der Waals surface area contributed by atoms with Crippen LogP contribution in [0.2, 0.25) is 0 Å². The van der Waals surface area contributed by atoms with E-state index < -0.39 is 0 Å². The van der Waals surface area contributed by atoms with Crippen molar-refractivity contribution in [2.24, 2.45) is 7.05 Å². The maximum atomic E-state index is 12.1. The van der Waals surface area contributed by atoms with Crippen molar-refractivity contribution >= 4 is 17.2 Å². The Morgan fingerprint density at radius 1 is 1.53 bits per heavy atom. The number of carbonyl (C=O) groups is 1. The van der Waals surface area contributed by atoms with Crippen LogP contribution in [0.5, 0.6) is 5.75 Å². The molecule has 2 rings (SSSR count). The van der Waals surface area contributed by atoms with Crippen molar-refractivity contribution in [1.82, 2.24) is 15.1 Å². The maximum absolute atomic E-state index is 12.1. The van der Waals surface area contributed by atoms with Gasteiger partial charge in [0.1, 0.15) is 10.6 Å². The average molecular weight is 279 g/mol. The van der Waals surface area contributed by atoms with E-state index in [-0.39, 0.29) is 5.91 Å². The van der Waals surface area contributed by atoms with Crippen molar-refractivity contribution in [3.63, 3.8) is 0 Å². The number of nitrogens with zero attached hydrogens (tertiary/aromatic N) is 2. The molecule has 2 heterocycles. The minimum absolute atomic E-state index is 0.116. The van der Waals surface area contributed by atoms with E-state index in [9.17, 15) is 4.79 Å². The second kappa shape index (κ2) is 5.44. The summed E-state index contributed by atoms with van der Waals surface area (Å²) < 4.78 is 6.97. The number of ether oxygens (including phenoxy) is 1. The fourth-order valence-electron chi connectivity index (χ4n) is 1.95. The van der Waals surface area contributed by atoms with Crippen molar-refractivity contribution in [3.8, 4) is 5.75 Å². The first-order valence-electron chi connectivity index (χ1n) is 5.93. The summed E-state index contributed by atoms with van der Waals surface area (Å²) in [4.78, 5) is 12.7. The lowest BCUT2D eigenvalue weighted by Crippen LogP contribution is -2.23. The molecule has 0 aliphatic heterocycles. The Morgan fingerprint density at radius 2 is 2.26 bits per heavy atom. The molecule has 1 amide bonds. The van der Waals surface area contributed by atoms with E-state index in [4.69, 9.17) is 4.74 Å². The third-order valence-corrected chi connectivity index (χ3v) is 4.03. The molecule has 102 valence electrons. The Hall–Kier alpha value is -1.82. The lowest BCUT2D eigenvalue weighted by molar-refractivity contribution is 0.0952. The van der Waals surface area contributed by atoms with Gasteiger partial charge < -0.3 is 10.1 Å². The minimum atomic E-state index is -0.116. The van der Waals surface area contributed by atoms with Crippen LogP contribution in [0.3, 0.4) is 0 Å². The lowest BCUT2D eigenvalue weighted by Gasteiger charge is -2.06. The molecule has 1 N–H and O–H groups in total. The summed E-state index contributed by atoms with van der Waals surface area (Å²) in [5.41, 5.74) is 3.07. The summed E-state index contributed by atoms with van der Waals surface area (Å²) in [7, 11) is 3.46. The highest BCUT2D eigenvalue weighted by molar-refractivity contribution is 7.12. The molecule has 0 saturated carbocycles. The molecule has 0 fully saturated rings. The van der Waals surface area contributed by atoms with Gasteiger partial charge in [-0.2, -0.15) is 5.10 Å². The maximum Gasteiger partial charge on any atom is 0.265 e. The topological polar surface area (TPSA) is 56.1 Å². The van der Waals surface area contributed by atoms with Crippen LogP contribution < -0.4 is 10.1 Å². The van der Waals surface area contributed by atoms with E-state index in [1.54, 1.807) is 13.2 Å². The molecule has 0 saturated heterocycles. The molecule has 0 aliphatic rings. The molecule has 0 radical (unpaired) electrons. The zero-order chi connectivity index (χ0) is 14.0. The standard InChI is InChI=1S/C13H17N3O2S/c1-8-10(9(2)16(3)15-8)7-14-13(17)12-11(18-4)5-6-19-12/h5-6H,7H2,1-4H3,(H,14,17). The lowest BCUT2D eigenvalue weighted by atomic mass is 10.2. The number of hydrogen-bond acceptors (Lipinski definition) is 4. The van der Waals surface area contributed by atoms with Crippen molar-refractivity contribution in [1.29, 1.82) is 0 Å². The quantitative estimate of drug-likeness (QED) is 0.931. The van der Waals surface area contributed by atoms with Crippen molar-refractivity contribution in [2.75, 3.05) is 7.11 Å². The summed E-state index contributed by atoms with van der Waals surface area (Å²) in [6.07, 6.45) is 0. The van der Waals surface area contributed by atoms with Crippen molar-refractivity contribution in [3.05, 3.63) is 33.3 Å². The molecule has 19 heavy (non-hydrogen) atoms. The predicted octanol–water partition coefficient (Wildman–Crippen LogP) is 2.04. The number of nitrogens with one attached hydrogen (secondary N) is 1. The van der Waals surface area contributed by atoms with E-state index in [2.05, 4.69) is 10.4 Å². The first kappa shape index (κ1) is 13.6. The molecule has 2 aromatic rings. The highest BCUT2D eigenvalue weighted by Crippen LogP contribution is 2.24. The van der Waals surface area contributed by atoms with E-state index in [0.717, 1.165) is 17.0 Å². The number of methoxy groups -OCH3 is 1.